The van der Waals surface area contributed by atoms with Crippen LogP contribution in [-0.4, -0.2) is 73.5 Å². The van der Waals surface area contributed by atoms with Crippen molar-refractivity contribution in [2.24, 2.45) is 4.99 Å². The lowest BCUT2D eigenvalue weighted by atomic mass is 10.1. The number of hydrogen-bond acceptors (Lipinski definition) is 5. The summed E-state index contributed by atoms with van der Waals surface area (Å²) in [5.74, 6) is 1.56. The number of nitrogens with one attached hydrogen (secondary N) is 3. The summed E-state index contributed by atoms with van der Waals surface area (Å²) in [6, 6.07) is 8.19. The summed E-state index contributed by atoms with van der Waals surface area (Å²) in [5.41, 5.74) is 2.17. The van der Waals surface area contributed by atoms with E-state index in [1.807, 2.05) is 12.1 Å². The highest BCUT2D eigenvalue weighted by atomic mass is 16.5. The van der Waals surface area contributed by atoms with Gasteiger partial charge in [-0.05, 0) is 25.1 Å². The van der Waals surface area contributed by atoms with Crippen molar-refractivity contribution in [2.75, 3.05) is 47.4 Å². The van der Waals surface area contributed by atoms with Crippen LogP contribution in [0.3, 0.4) is 0 Å². The molecule has 0 saturated carbocycles. The second-order valence-corrected chi connectivity index (χ2v) is 6.04. The summed E-state index contributed by atoms with van der Waals surface area (Å²) in [5, 5.41) is 13.5. The lowest BCUT2D eigenvalue weighted by molar-refractivity contribution is 0.180. The lowest BCUT2D eigenvalue weighted by Crippen LogP contribution is -2.40. The van der Waals surface area contributed by atoms with Gasteiger partial charge in [0.15, 0.2) is 11.8 Å². The number of rotatable bonds is 10. The van der Waals surface area contributed by atoms with Crippen molar-refractivity contribution >= 4 is 5.96 Å². The Morgan fingerprint density at radius 3 is 2.92 bits per heavy atom. The molecule has 0 spiro atoms. The smallest absolute Gasteiger partial charge is 0.191 e. The molecule has 1 aromatic heterocycles. The van der Waals surface area contributed by atoms with Crippen molar-refractivity contribution in [2.45, 2.75) is 13.0 Å². The molecule has 8 nitrogen and oxygen atoms in total. The lowest BCUT2D eigenvalue weighted by Gasteiger charge is -2.18. The van der Waals surface area contributed by atoms with E-state index in [0.29, 0.717) is 6.54 Å². The van der Waals surface area contributed by atoms with Crippen molar-refractivity contribution in [1.82, 2.24) is 30.7 Å². The molecule has 1 heterocycles. The van der Waals surface area contributed by atoms with Gasteiger partial charge in [0.05, 0.1) is 0 Å². The van der Waals surface area contributed by atoms with Gasteiger partial charge in [-0.25, -0.2) is 4.98 Å². The maximum atomic E-state index is 5.08. The Labute approximate surface area is 155 Å². The molecule has 0 unspecified atom stereocenters. The van der Waals surface area contributed by atoms with Gasteiger partial charge in [-0.2, -0.15) is 5.10 Å². The molecule has 1 aromatic carbocycles. The standard InChI is InChI=1S/C18H29N7O/c1-19-18(20-8-10-25(2)9-5-11-26-3)21-13-15-6-4-7-16(12-15)17-22-14-23-24-17/h4,6-7,12,14H,5,8-11,13H2,1-3H3,(H2,19,20,21)(H,22,23,24). The molecule has 0 aliphatic carbocycles. The first-order valence-corrected chi connectivity index (χ1v) is 8.79. The number of H-pyrrole nitrogens is 1. The third-order valence-corrected chi connectivity index (χ3v) is 3.97. The fourth-order valence-electron chi connectivity index (χ4n) is 2.54. The van der Waals surface area contributed by atoms with Crippen molar-refractivity contribution in [1.29, 1.82) is 0 Å². The Balaban J connectivity index is 1.74. The number of methoxy groups -OCH3 is 1. The Bertz CT molecular complexity index is 657. The van der Waals surface area contributed by atoms with Crippen LogP contribution in [-0.2, 0) is 11.3 Å². The number of aromatic amines is 1. The van der Waals surface area contributed by atoms with Gasteiger partial charge < -0.3 is 20.3 Å². The average molecular weight is 359 g/mol. The highest BCUT2D eigenvalue weighted by Crippen LogP contribution is 2.15. The van der Waals surface area contributed by atoms with Gasteiger partial charge in [0.2, 0.25) is 0 Å². The number of guanidine groups is 1. The van der Waals surface area contributed by atoms with Crippen LogP contribution in [0.2, 0.25) is 0 Å². The Morgan fingerprint density at radius 1 is 1.31 bits per heavy atom. The van der Waals surface area contributed by atoms with Crippen molar-refractivity contribution in [3.63, 3.8) is 0 Å². The Kier molecular flexibility index (Phi) is 8.57. The van der Waals surface area contributed by atoms with E-state index in [-0.39, 0.29) is 0 Å². The minimum atomic E-state index is 0.686. The van der Waals surface area contributed by atoms with Gasteiger partial charge >= 0.3 is 0 Å². The minimum Gasteiger partial charge on any atom is -0.385 e. The molecule has 2 aromatic rings. The van der Waals surface area contributed by atoms with E-state index in [4.69, 9.17) is 4.74 Å². The van der Waals surface area contributed by atoms with Crippen LogP contribution < -0.4 is 10.6 Å². The van der Waals surface area contributed by atoms with Gasteiger partial charge in [-0.1, -0.05) is 18.2 Å². The summed E-state index contributed by atoms with van der Waals surface area (Å²) >= 11 is 0. The highest BCUT2D eigenvalue weighted by molar-refractivity contribution is 5.79. The van der Waals surface area contributed by atoms with Gasteiger partial charge in [-0.3, -0.25) is 10.1 Å². The predicted molar refractivity (Wildman–Crippen MR) is 104 cm³/mol. The molecular formula is C18H29N7O. The number of ether oxygens (including phenoxy) is 1. The molecule has 0 fully saturated rings. The molecule has 0 radical (unpaired) electrons. The van der Waals surface area contributed by atoms with Crippen molar-refractivity contribution < 1.29 is 4.74 Å². The largest absolute Gasteiger partial charge is 0.385 e. The van der Waals surface area contributed by atoms with Crippen LogP contribution in [0.5, 0.6) is 0 Å². The maximum absolute atomic E-state index is 5.08. The summed E-state index contributed by atoms with van der Waals surface area (Å²) in [7, 11) is 5.63. The van der Waals surface area contributed by atoms with Crippen LogP contribution in [0.1, 0.15) is 12.0 Å². The van der Waals surface area contributed by atoms with Gasteiger partial charge in [-0.15, -0.1) is 0 Å². The first-order valence-electron chi connectivity index (χ1n) is 8.79. The number of nitrogens with zero attached hydrogens (tertiary/aromatic N) is 4. The summed E-state index contributed by atoms with van der Waals surface area (Å²) in [4.78, 5) is 10.7. The molecule has 0 bridgehead atoms. The Hall–Kier alpha value is -2.45. The predicted octanol–water partition coefficient (Wildman–Crippen LogP) is 1.11. The van der Waals surface area contributed by atoms with Crippen LogP contribution in [0, 0.1) is 0 Å². The van der Waals surface area contributed by atoms with Gasteiger partial charge in [0.1, 0.15) is 6.33 Å². The highest BCUT2D eigenvalue weighted by Gasteiger charge is 2.04. The van der Waals surface area contributed by atoms with Gasteiger partial charge in [0, 0.05) is 52.5 Å². The van der Waals surface area contributed by atoms with E-state index in [1.165, 1.54) is 6.33 Å². The number of likely N-dealkylation sites (N-methyl/N-ethyl adjacent to an activating group) is 1. The zero-order chi connectivity index (χ0) is 18.6. The monoisotopic (exact) mass is 359 g/mol. The number of hydrogen-bond donors (Lipinski definition) is 3. The first-order chi connectivity index (χ1) is 12.7. The van der Waals surface area contributed by atoms with E-state index >= 15 is 0 Å². The summed E-state index contributed by atoms with van der Waals surface area (Å²) in [6.07, 6.45) is 2.56. The maximum Gasteiger partial charge on any atom is 0.191 e. The quantitative estimate of drug-likeness (QED) is 0.334. The van der Waals surface area contributed by atoms with E-state index < -0.39 is 0 Å². The molecule has 0 atom stereocenters. The second kappa shape index (κ2) is 11.2. The third kappa shape index (κ3) is 6.81. The normalized spacial score (nSPS) is 11.8. The first kappa shape index (κ1) is 19.9. The summed E-state index contributed by atoms with van der Waals surface area (Å²) < 4.78 is 5.08. The molecule has 0 saturated heterocycles. The average Bonchev–Trinajstić information content (AvgIpc) is 3.20. The number of aromatic nitrogens is 3. The molecule has 8 heteroatoms. The van der Waals surface area contributed by atoms with Gasteiger partial charge in [0.25, 0.3) is 0 Å². The molecule has 2 rings (SSSR count). The van der Waals surface area contributed by atoms with E-state index in [0.717, 1.165) is 55.6 Å². The topological polar surface area (TPSA) is 90.5 Å². The fourth-order valence-corrected chi connectivity index (χ4v) is 2.54. The van der Waals surface area contributed by atoms with E-state index in [1.54, 1.807) is 14.2 Å². The molecule has 0 aliphatic rings. The zero-order valence-electron chi connectivity index (χ0n) is 15.8. The molecule has 26 heavy (non-hydrogen) atoms. The van der Waals surface area contributed by atoms with E-state index in [2.05, 4.69) is 54.9 Å². The van der Waals surface area contributed by atoms with Crippen molar-refractivity contribution in [3.05, 3.63) is 36.2 Å². The Morgan fingerprint density at radius 2 is 2.19 bits per heavy atom. The number of aliphatic imine (C=N–C) groups is 1. The van der Waals surface area contributed by atoms with E-state index in [9.17, 15) is 0 Å². The van der Waals surface area contributed by atoms with Crippen molar-refractivity contribution in [3.8, 4) is 11.4 Å². The zero-order valence-corrected chi connectivity index (χ0v) is 15.8. The molecule has 142 valence electrons. The third-order valence-electron chi connectivity index (χ3n) is 3.97. The second-order valence-electron chi connectivity index (χ2n) is 6.04. The van der Waals surface area contributed by atoms with Crippen LogP contribution >= 0.6 is 0 Å². The fraction of sp³-hybridized carbons (Fsp3) is 0.500. The SMILES string of the molecule is CN=C(NCCN(C)CCCOC)NCc1cccc(-c2ncn[nH]2)c1. The molecule has 0 amide bonds. The minimum absolute atomic E-state index is 0.686. The van der Waals surface area contributed by atoms with Crippen LogP contribution in [0.15, 0.2) is 35.6 Å². The molecule has 3 N–H and O–H groups in total. The van der Waals surface area contributed by atoms with Crippen LogP contribution in [0.25, 0.3) is 11.4 Å². The number of benzene rings is 1. The summed E-state index contributed by atoms with van der Waals surface area (Å²) in [6.45, 7) is 4.29. The van der Waals surface area contributed by atoms with Crippen LogP contribution in [0.4, 0.5) is 0 Å². The molecular weight excluding hydrogens is 330 g/mol. The molecule has 0 aliphatic heterocycles.